The van der Waals surface area contributed by atoms with E-state index in [-0.39, 0.29) is 0 Å². The second-order valence-corrected chi connectivity index (χ2v) is 7.11. The Balaban J connectivity index is 1.84. The Labute approximate surface area is 100 Å². The van der Waals surface area contributed by atoms with Crippen LogP contribution in [-0.2, 0) is 0 Å². The van der Waals surface area contributed by atoms with Gasteiger partial charge in [0.15, 0.2) is 0 Å². The minimum atomic E-state index is 0.765. The standard InChI is InChI=1S/C15H27N/c1-3-15-6-11-4-12(7-15)14(10(2)9-16)13(5-11)8-15/h10-14H,3-9,16H2,1-2H3. The van der Waals surface area contributed by atoms with Gasteiger partial charge in [-0.1, -0.05) is 20.3 Å². The summed E-state index contributed by atoms with van der Waals surface area (Å²) in [5.74, 6) is 4.89. The minimum absolute atomic E-state index is 0.765. The van der Waals surface area contributed by atoms with Gasteiger partial charge in [0, 0.05) is 0 Å². The monoisotopic (exact) mass is 221 g/mol. The molecule has 4 rings (SSSR count). The molecule has 0 radical (unpaired) electrons. The molecule has 0 saturated heterocycles. The third kappa shape index (κ3) is 1.47. The van der Waals surface area contributed by atoms with Crippen LogP contribution < -0.4 is 5.73 Å². The van der Waals surface area contributed by atoms with Gasteiger partial charge in [0.1, 0.15) is 0 Å². The van der Waals surface area contributed by atoms with E-state index in [1.807, 2.05) is 0 Å². The van der Waals surface area contributed by atoms with E-state index in [1.54, 1.807) is 6.42 Å². The summed E-state index contributed by atoms with van der Waals surface area (Å²) in [5, 5.41) is 0. The second-order valence-electron chi connectivity index (χ2n) is 7.11. The van der Waals surface area contributed by atoms with Crippen LogP contribution in [0.3, 0.4) is 0 Å². The average molecular weight is 221 g/mol. The summed E-state index contributed by atoms with van der Waals surface area (Å²) >= 11 is 0. The molecule has 1 heteroatoms. The van der Waals surface area contributed by atoms with Crippen molar-refractivity contribution in [3.63, 3.8) is 0 Å². The van der Waals surface area contributed by atoms with Crippen LogP contribution in [0.2, 0.25) is 0 Å². The van der Waals surface area contributed by atoms with Crippen molar-refractivity contribution in [2.24, 2.45) is 40.7 Å². The molecule has 0 aromatic rings. The van der Waals surface area contributed by atoms with E-state index >= 15 is 0 Å². The molecule has 3 atom stereocenters. The first-order valence-corrected chi connectivity index (χ1v) is 7.37. The Hall–Kier alpha value is -0.0400. The molecule has 0 aromatic carbocycles. The summed E-state index contributed by atoms with van der Waals surface area (Å²) < 4.78 is 0. The molecule has 1 nitrogen and oxygen atoms in total. The van der Waals surface area contributed by atoms with Crippen LogP contribution in [0, 0.1) is 35.0 Å². The van der Waals surface area contributed by atoms with Crippen molar-refractivity contribution in [2.45, 2.75) is 52.4 Å². The van der Waals surface area contributed by atoms with E-state index in [2.05, 4.69) is 13.8 Å². The summed E-state index contributed by atoms with van der Waals surface area (Å²) in [6.07, 6.45) is 9.12. The molecule has 0 amide bonds. The fraction of sp³-hybridized carbons (Fsp3) is 1.00. The van der Waals surface area contributed by atoms with Gasteiger partial charge in [-0.15, -0.1) is 0 Å². The zero-order chi connectivity index (χ0) is 11.3. The van der Waals surface area contributed by atoms with Crippen molar-refractivity contribution < 1.29 is 0 Å². The van der Waals surface area contributed by atoms with Crippen molar-refractivity contribution in [1.29, 1.82) is 0 Å². The molecular weight excluding hydrogens is 194 g/mol. The Kier molecular flexibility index (Phi) is 2.58. The smallest absolute Gasteiger partial charge is 0.00487 e. The lowest BCUT2D eigenvalue weighted by molar-refractivity contribution is -0.111. The molecule has 0 aliphatic heterocycles. The SMILES string of the molecule is CCC12CC3CC(C1)C(C(C)CN)C(C3)C2. The predicted octanol–water partition coefficient (Wildman–Crippen LogP) is 3.43. The molecule has 2 N–H and O–H groups in total. The van der Waals surface area contributed by atoms with E-state index in [4.69, 9.17) is 5.73 Å². The maximum Gasteiger partial charge on any atom is -0.00487 e. The average Bonchev–Trinajstić information content (AvgIpc) is 2.27. The lowest BCUT2D eigenvalue weighted by atomic mass is 9.44. The van der Waals surface area contributed by atoms with Crippen LogP contribution in [0.25, 0.3) is 0 Å². The van der Waals surface area contributed by atoms with Gasteiger partial charge in [-0.2, -0.15) is 0 Å². The Morgan fingerprint density at radius 2 is 1.81 bits per heavy atom. The van der Waals surface area contributed by atoms with Gasteiger partial charge in [-0.05, 0) is 73.7 Å². The van der Waals surface area contributed by atoms with Crippen LogP contribution >= 0.6 is 0 Å². The molecule has 0 aromatic heterocycles. The highest BCUT2D eigenvalue weighted by molar-refractivity contribution is 5.05. The molecule has 3 unspecified atom stereocenters. The topological polar surface area (TPSA) is 26.0 Å². The van der Waals surface area contributed by atoms with E-state index < -0.39 is 0 Å². The highest BCUT2D eigenvalue weighted by atomic mass is 14.6. The van der Waals surface area contributed by atoms with Crippen molar-refractivity contribution in [3.05, 3.63) is 0 Å². The second kappa shape index (κ2) is 3.73. The van der Waals surface area contributed by atoms with Crippen LogP contribution in [0.5, 0.6) is 0 Å². The molecule has 16 heavy (non-hydrogen) atoms. The third-order valence-corrected chi connectivity index (χ3v) is 6.25. The van der Waals surface area contributed by atoms with Crippen molar-refractivity contribution in [1.82, 2.24) is 0 Å². The summed E-state index contributed by atoms with van der Waals surface area (Å²) in [6.45, 7) is 5.72. The molecule has 4 aliphatic rings. The van der Waals surface area contributed by atoms with E-state index in [9.17, 15) is 0 Å². The van der Waals surface area contributed by atoms with E-state index in [0.717, 1.165) is 41.5 Å². The number of hydrogen-bond donors (Lipinski definition) is 1. The lowest BCUT2D eigenvalue weighted by Gasteiger charge is -2.61. The zero-order valence-electron chi connectivity index (χ0n) is 10.9. The largest absolute Gasteiger partial charge is 0.330 e. The van der Waals surface area contributed by atoms with Gasteiger partial charge in [0.25, 0.3) is 0 Å². The van der Waals surface area contributed by atoms with Gasteiger partial charge >= 0.3 is 0 Å². The first-order valence-electron chi connectivity index (χ1n) is 7.37. The first-order chi connectivity index (χ1) is 7.67. The fourth-order valence-electron chi connectivity index (χ4n) is 5.75. The molecular formula is C15H27N. The van der Waals surface area contributed by atoms with Crippen molar-refractivity contribution in [3.8, 4) is 0 Å². The maximum atomic E-state index is 5.92. The van der Waals surface area contributed by atoms with Gasteiger partial charge < -0.3 is 5.73 Å². The molecule has 4 aliphatic carbocycles. The summed E-state index contributed by atoms with van der Waals surface area (Å²) in [5.41, 5.74) is 6.68. The van der Waals surface area contributed by atoms with Crippen LogP contribution in [0.1, 0.15) is 52.4 Å². The zero-order valence-corrected chi connectivity index (χ0v) is 10.9. The summed E-state index contributed by atoms with van der Waals surface area (Å²) in [7, 11) is 0. The molecule has 4 fully saturated rings. The lowest BCUT2D eigenvalue weighted by Crippen LogP contribution is -2.53. The first kappa shape index (κ1) is 11.1. The number of rotatable bonds is 3. The van der Waals surface area contributed by atoms with Gasteiger partial charge in [-0.3, -0.25) is 0 Å². The van der Waals surface area contributed by atoms with Crippen LogP contribution in [0.15, 0.2) is 0 Å². The molecule has 92 valence electrons. The van der Waals surface area contributed by atoms with Crippen molar-refractivity contribution >= 4 is 0 Å². The normalized spacial score (nSPS) is 51.9. The van der Waals surface area contributed by atoms with Crippen LogP contribution in [-0.4, -0.2) is 6.54 Å². The highest BCUT2D eigenvalue weighted by Crippen LogP contribution is 2.64. The Morgan fingerprint density at radius 3 is 2.31 bits per heavy atom. The van der Waals surface area contributed by atoms with E-state index in [0.29, 0.717) is 0 Å². The quantitative estimate of drug-likeness (QED) is 0.776. The summed E-state index contributed by atoms with van der Waals surface area (Å²) in [6, 6.07) is 0. The molecule has 4 bridgehead atoms. The Morgan fingerprint density at radius 1 is 1.19 bits per heavy atom. The number of hydrogen-bond acceptors (Lipinski definition) is 1. The van der Waals surface area contributed by atoms with E-state index in [1.165, 1.54) is 32.1 Å². The summed E-state index contributed by atoms with van der Waals surface area (Å²) in [4.78, 5) is 0. The molecule has 0 heterocycles. The van der Waals surface area contributed by atoms with Gasteiger partial charge in [0.2, 0.25) is 0 Å². The highest BCUT2D eigenvalue weighted by Gasteiger charge is 2.55. The van der Waals surface area contributed by atoms with Crippen LogP contribution in [0.4, 0.5) is 0 Å². The fourth-order valence-corrected chi connectivity index (χ4v) is 5.75. The molecule has 4 saturated carbocycles. The van der Waals surface area contributed by atoms with Crippen molar-refractivity contribution in [2.75, 3.05) is 6.54 Å². The minimum Gasteiger partial charge on any atom is -0.330 e. The number of nitrogens with two attached hydrogens (primary N) is 1. The molecule has 0 spiro atoms. The predicted molar refractivity (Wildman–Crippen MR) is 68.0 cm³/mol. The van der Waals surface area contributed by atoms with Gasteiger partial charge in [-0.25, -0.2) is 0 Å². The van der Waals surface area contributed by atoms with Gasteiger partial charge in [0.05, 0.1) is 0 Å². The third-order valence-electron chi connectivity index (χ3n) is 6.25. The Bertz CT molecular complexity index is 257. The maximum absolute atomic E-state index is 5.92.